The normalized spacial score (nSPS) is 12.8. The van der Waals surface area contributed by atoms with Crippen LogP contribution < -0.4 is 5.73 Å². The molecular formula is C14H14N4. The monoisotopic (exact) mass is 238 g/mol. The van der Waals surface area contributed by atoms with E-state index in [4.69, 9.17) is 5.73 Å². The first-order chi connectivity index (χ1) is 8.74. The van der Waals surface area contributed by atoms with E-state index in [0.717, 1.165) is 22.0 Å². The highest BCUT2D eigenvalue weighted by molar-refractivity contribution is 5.78. The topological polar surface area (TPSA) is 56.7 Å². The molecule has 3 aromatic rings. The number of hydrogen-bond acceptors (Lipinski definition) is 3. The van der Waals surface area contributed by atoms with Gasteiger partial charge in [0.1, 0.15) is 0 Å². The molecule has 3 rings (SSSR count). The van der Waals surface area contributed by atoms with Crippen molar-refractivity contribution in [2.75, 3.05) is 0 Å². The Bertz CT molecular complexity index is 687. The molecule has 90 valence electrons. The Morgan fingerprint density at radius 3 is 2.78 bits per heavy atom. The quantitative estimate of drug-likeness (QED) is 0.743. The minimum atomic E-state index is -0.184. The number of fused-ring (bicyclic) bond motifs is 1. The maximum absolute atomic E-state index is 6.23. The SMILES string of the molecule is Cn1cc(C(N)c2cnc3ccccc3c2)cn1. The van der Waals surface area contributed by atoms with E-state index in [1.807, 2.05) is 43.7 Å². The van der Waals surface area contributed by atoms with Crippen molar-refractivity contribution in [2.24, 2.45) is 12.8 Å². The van der Waals surface area contributed by atoms with Crippen LogP contribution in [0.1, 0.15) is 17.2 Å². The Hall–Kier alpha value is -2.20. The molecule has 0 saturated heterocycles. The summed E-state index contributed by atoms with van der Waals surface area (Å²) in [4.78, 5) is 4.43. The van der Waals surface area contributed by atoms with Crippen LogP contribution in [0, 0.1) is 0 Å². The molecule has 0 fully saturated rings. The second kappa shape index (κ2) is 4.23. The lowest BCUT2D eigenvalue weighted by Gasteiger charge is -2.10. The summed E-state index contributed by atoms with van der Waals surface area (Å²) >= 11 is 0. The van der Waals surface area contributed by atoms with Gasteiger partial charge in [-0.2, -0.15) is 5.10 Å². The number of nitrogens with two attached hydrogens (primary N) is 1. The molecule has 0 aliphatic rings. The highest BCUT2D eigenvalue weighted by Crippen LogP contribution is 2.21. The van der Waals surface area contributed by atoms with Crippen molar-refractivity contribution >= 4 is 10.9 Å². The van der Waals surface area contributed by atoms with E-state index >= 15 is 0 Å². The predicted octanol–water partition coefficient (Wildman–Crippen LogP) is 2.02. The van der Waals surface area contributed by atoms with Gasteiger partial charge < -0.3 is 5.73 Å². The third-order valence-electron chi connectivity index (χ3n) is 3.05. The van der Waals surface area contributed by atoms with E-state index in [2.05, 4.69) is 16.1 Å². The molecule has 0 aliphatic heterocycles. The summed E-state index contributed by atoms with van der Waals surface area (Å²) in [6.07, 6.45) is 5.56. The number of benzene rings is 1. The highest BCUT2D eigenvalue weighted by Gasteiger charge is 2.11. The Morgan fingerprint density at radius 2 is 2.00 bits per heavy atom. The number of aryl methyl sites for hydroxylation is 1. The zero-order valence-corrected chi connectivity index (χ0v) is 10.1. The number of rotatable bonds is 2. The first-order valence-electron chi connectivity index (χ1n) is 5.83. The first kappa shape index (κ1) is 10.9. The summed E-state index contributed by atoms with van der Waals surface area (Å²) in [7, 11) is 1.88. The van der Waals surface area contributed by atoms with Gasteiger partial charge in [0.2, 0.25) is 0 Å². The van der Waals surface area contributed by atoms with Gasteiger partial charge in [0, 0.05) is 30.4 Å². The summed E-state index contributed by atoms with van der Waals surface area (Å²) in [5, 5.41) is 5.25. The average molecular weight is 238 g/mol. The van der Waals surface area contributed by atoms with E-state index in [9.17, 15) is 0 Å². The highest BCUT2D eigenvalue weighted by atomic mass is 15.2. The van der Waals surface area contributed by atoms with Crippen LogP contribution in [0.2, 0.25) is 0 Å². The van der Waals surface area contributed by atoms with Gasteiger partial charge in [-0.05, 0) is 17.7 Å². The summed E-state index contributed by atoms with van der Waals surface area (Å²) in [6.45, 7) is 0. The number of hydrogen-bond donors (Lipinski definition) is 1. The minimum absolute atomic E-state index is 0.184. The number of nitrogens with zero attached hydrogens (tertiary/aromatic N) is 3. The van der Waals surface area contributed by atoms with Gasteiger partial charge in [-0.1, -0.05) is 18.2 Å². The molecule has 0 bridgehead atoms. The van der Waals surface area contributed by atoms with Crippen LogP contribution in [0.4, 0.5) is 0 Å². The molecule has 0 amide bonds. The Balaban J connectivity index is 2.03. The lowest BCUT2D eigenvalue weighted by molar-refractivity contribution is 0.765. The molecular weight excluding hydrogens is 224 g/mol. The van der Waals surface area contributed by atoms with Crippen molar-refractivity contribution in [2.45, 2.75) is 6.04 Å². The van der Waals surface area contributed by atoms with E-state index < -0.39 is 0 Å². The van der Waals surface area contributed by atoms with Gasteiger partial charge in [-0.15, -0.1) is 0 Å². The lowest BCUT2D eigenvalue weighted by Crippen LogP contribution is -2.11. The van der Waals surface area contributed by atoms with Crippen molar-refractivity contribution in [1.29, 1.82) is 0 Å². The van der Waals surface area contributed by atoms with E-state index in [1.54, 1.807) is 10.9 Å². The zero-order valence-electron chi connectivity index (χ0n) is 10.1. The summed E-state index contributed by atoms with van der Waals surface area (Å²) < 4.78 is 1.75. The Morgan fingerprint density at radius 1 is 1.17 bits per heavy atom. The van der Waals surface area contributed by atoms with E-state index in [1.165, 1.54) is 0 Å². The fourth-order valence-electron chi connectivity index (χ4n) is 2.05. The largest absolute Gasteiger partial charge is 0.320 e. The van der Waals surface area contributed by atoms with Crippen molar-refractivity contribution in [1.82, 2.24) is 14.8 Å². The van der Waals surface area contributed by atoms with Gasteiger partial charge in [0.05, 0.1) is 17.8 Å². The molecule has 4 heteroatoms. The minimum Gasteiger partial charge on any atom is -0.320 e. The average Bonchev–Trinajstić information content (AvgIpc) is 2.84. The van der Waals surface area contributed by atoms with Gasteiger partial charge in [-0.3, -0.25) is 9.67 Å². The van der Waals surface area contributed by atoms with Crippen LogP contribution in [0.5, 0.6) is 0 Å². The molecule has 2 N–H and O–H groups in total. The third-order valence-corrected chi connectivity index (χ3v) is 3.05. The molecule has 0 radical (unpaired) electrons. The van der Waals surface area contributed by atoms with Crippen LogP contribution in [-0.2, 0) is 7.05 Å². The van der Waals surface area contributed by atoms with Gasteiger partial charge in [-0.25, -0.2) is 0 Å². The van der Waals surface area contributed by atoms with Gasteiger partial charge in [0.15, 0.2) is 0 Å². The Kier molecular flexibility index (Phi) is 2.57. The van der Waals surface area contributed by atoms with Crippen LogP contribution in [0.15, 0.2) is 48.9 Å². The molecule has 18 heavy (non-hydrogen) atoms. The first-order valence-corrected chi connectivity index (χ1v) is 5.83. The maximum atomic E-state index is 6.23. The summed E-state index contributed by atoms with van der Waals surface area (Å²) in [6, 6.07) is 9.92. The summed E-state index contributed by atoms with van der Waals surface area (Å²) in [5.74, 6) is 0. The van der Waals surface area contributed by atoms with Crippen molar-refractivity contribution < 1.29 is 0 Å². The smallest absolute Gasteiger partial charge is 0.0702 e. The maximum Gasteiger partial charge on any atom is 0.0702 e. The zero-order chi connectivity index (χ0) is 12.5. The van der Waals surface area contributed by atoms with E-state index in [0.29, 0.717) is 0 Å². The van der Waals surface area contributed by atoms with Gasteiger partial charge >= 0.3 is 0 Å². The lowest BCUT2D eigenvalue weighted by atomic mass is 10.0. The molecule has 0 saturated carbocycles. The fourth-order valence-corrected chi connectivity index (χ4v) is 2.05. The van der Waals surface area contributed by atoms with E-state index in [-0.39, 0.29) is 6.04 Å². The molecule has 1 atom stereocenters. The molecule has 1 aromatic carbocycles. The molecule has 2 aromatic heterocycles. The molecule has 0 aliphatic carbocycles. The second-order valence-corrected chi connectivity index (χ2v) is 4.39. The number of para-hydroxylation sites is 1. The van der Waals surface area contributed by atoms with Crippen molar-refractivity contribution in [3.05, 3.63) is 60.0 Å². The molecule has 4 nitrogen and oxygen atoms in total. The molecule has 1 unspecified atom stereocenters. The number of aromatic nitrogens is 3. The van der Waals surface area contributed by atoms with Crippen LogP contribution in [0.3, 0.4) is 0 Å². The molecule has 2 heterocycles. The predicted molar refractivity (Wildman–Crippen MR) is 71.0 cm³/mol. The second-order valence-electron chi connectivity index (χ2n) is 4.39. The number of pyridine rings is 1. The molecule has 0 spiro atoms. The standard InChI is InChI=1S/C14H14N4/c1-18-9-12(8-17-18)14(15)11-6-10-4-2-3-5-13(10)16-7-11/h2-9,14H,15H2,1H3. The van der Waals surface area contributed by atoms with Crippen molar-refractivity contribution in [3.8, 4) is 0 Å². The summed E-state index contributed by atoms with van der Waals surface area (Å²) in [5.41, 5.74) is 9.21. The van der Waals surface area contributed by atoms with Crippen LogP contribution >= 0.6 is 0 Å². The third kappa shape index (κ3) is 1.87. The van der Waals surface area contributed by atoms with Crippen molar-refractivity contribution in [3.63, 3.8) is 0 Å². The van der Waals surface area contributed by atoms with Crippen LogP contribution in [0.25, 0.3) is 10.9 Å². The Labute approximate surface area is 105 Å². The van der Waals surface area contributed by atoms with Gasteiger partial charge in [0.25, 0.3) is 0 Å². The fraction of sp³-hybridized carbons (Fsp3) is 0.143. The van der Waals surface area contributed by atoms with Crippen LogP contribution in [-0.4, -0.2) is 14.8 Å².